The quantitative estimate of drug-likeness (QED) is 0.0262. The minimum Gasteiger partial charge on any atom is -0.492 e. The predicted octanol–water partition coefficient (Wildman–Crippen LogP) is 19.0. The van der Waals surface area contributed by atoms with Crippen molar-refractivity contribution in [3.8, 4) is 22.6 Å². The molecule has 12 nitrogen and oxygen atoms in total. The van der Waals surface area contributed by atoms with Crippen LogP contribution in [-0.2, 0) is 29.9 Å². The number of H-pyrrole nitrogens is 2. The Balaban J connectivity index is 0.000000133. The Morgan fingerprint density at radius 1 is 0.316 bits per heavy atom. The summed E-state index contributed by atoms with van der Waals surface area (Å²) in [5, 5.41) is 36.6. The number of rotatable bonds is 24. The number of nitrogens with zero attached hydrogens (tertiary/aromatic N) is 2. The van der Waals surface area contributed by atoms with E-state index >= 15 is 0 Å². The van der Waals surface area contributed by atoms with Crippen molar-refractivity contribution in [2.75, 3.05) is 78.9 Å². The van der Waals surface area contributed by atoms with Gasteiger partial charge in [-0.3, -0.25) is 19.4 Å². The second-order valence-corrected chi connectivity index (χ2v) is 40.4. The molecule has 0 aliphatic carbocycles. The Kier molecular flexibility index (Phi) is 40.4. The smallest absolute Gasteiger partial charge is 0.488 e. The van der Waals surface area contributed by atoms with Gasteiger partial charge in [-0.15, -0.1) is 0 Å². The number of aromatic amines is 2. The van der Waals surface area contributed by atoms with Gasteiger partial charge in [-0.2, -0.15) is 0 Å². The van der Waals surface area contributed by atoms with Crippen LogP contribution in [0.4, 0.5) is 0 Å². The Hall–Kier alpha value is -11.8. The van der Waals surface area contributed by atoms with E-state index in [1.54, 1.807) is 30.3 Å². The molecule has 2 saturated heterocycles. The molecule has 18 aromatic rings. The Morgan fingerprint density at radius 3 is 0.857 bits per heavy atom. The summed E-state index contributed by atoms with van der Waals surface area (Å²) in [6, 6.07) is 156. The second-order valence-electron chi connectivity index (χ2n) is 30.6. The van der Waals surface area contributed by atoms with Gasteiger partial charge in [-0.25, -0.2) is 0 Å². The Labute approximate surface area is 809 Å². The van der Waals surface area contributed by atoms with E-state index in [-0.39, 0.29) is 20.4 Å². The van der Waals surface area contributed by atoms with Gasteiger partial charge in [0.25, 0.3) is 0 Å². The third-order valence-corrected chi connectivity index (χ3v) is 32.1. The summed E-state index contributed by atoms with van der Waals surface area (Å²) < 4.78 is 23.3. The molecular weight excluding hydrogens is 1870 g/mol. The van der Waals surface area contributed by atoms with Gasteiger partial charge in [-0.1, -0.05) is 382 Å². The maximum Gasteiger partial charge on any atom is 0.488 e. The zero-order valence-corrected chi connectivity index (χ0v) is 80.5. The van der Waals surface area contributed by atoms with Crippen LogP contribution in [0.2, 0.25) is 0 Å². The number of fused-ring (bicyclic) bond motifs is 2. The summed E-state index contributed by atoms with van der Waals surface area (Å²) in [6.45, 7) is 10.0. The molecule has 2 aromatic heterocycles. The molecule has 16 aromatic carbocycles. The molecule has 2 aliphatic rings. The average molecular weight is 1980 g/mol. The van der Waals surface area contributed by atoms with Gasteiger partial charge < -0.3 is 39.0 Å². The molecule has 0 radical (unpaired) electrons. The normalized spacial score (nSPS) is 12.2. The molecule has 2 fully saturated rings. The van der Waals surface area contributed by atoms with Crippen LogP contribution in [-0.4, -0.2) is 128 Å². The van der Waals surface area contributed by atoms with Crippen LogP contribution in [0, 0.1) is 0 Å². The van der Waals surface area contributed by atoms with Gasteiger partial charge in [0, 0.05) is 99.8 Å². The van der Waals surface area contributed by atoms with E-state index in [9.17, 15) is 9.59 Å². The van der Waals surface area contributed by atoms with Crippen molar-refractivity contribution in [2.45, 2.75) is 0 Å². The first-order valence-corrected chi connectivity index (χ1v) is 50.4. The topological polar surface area (TPSA) is 150 Å². The predicted molar refractivity (Wildman–Crippen MR) is 563 cm³/mol. The van der Waals surface area contributed by atoms with E-state index in [0.717, 1.165) is 127 Å². The first-order valence-electron chi connectivity index (χ1n) is 44.2. The van der Waals surface area contributed by atoms with E-state index in [4.69, 9.17) is 29.0 Å². The van der Waals surface area contributed by atoms with Crippen LogP contribution in [0.5, 0.6) is 11.5 Å². The minimum absolute atomic E-state index is 0. The zero-order valence-electron chi connectivity index (χ0n) is 73.8. The monoisotopic (exact) mass is 1980 g/mol. The summed E-state index contributed by atoms with van der Waals surface area (Å²) in [5.41, 5.74) is 5.88. The molecule has 0 unspecified atom stereocenters. The standard InChI is InChI=1S/C21H22N2O3.4C18H15P.C13H16BrNO3.C8H8BNO2.Pd/c24-15-16-1-4-21(26-12-9-23-7-10-25-11-8-23)19(13-16)17-2-3-20-18(14-17)5-6-22-20;4*1-4-10-16(11-5-1)19(17-12-6-2-7-13-17)18-14-8-3-9-15-18;14-12-9-11(10-16)1-2-13(12)18-8-5-15-3-6-17-7-4-15;11-9(12)7-1-2-8-6(5-7)3-4-10-8;/h1-6,13-15,22H,7-12H2;4*1-15H;1-2,9-10H,3-8H2;1-5,10-12H;. The number of ether oxygens (including phenoxy) is 4. The number of hydrogen-bond donors (Lipinski definition) is 4. The van der Waals surface area contributed by atoms with Crippen LogP contribution in [0.1, 0.15) is 20.7 Å². The first kappa shape index (κ1) is 98.7. The molecule has 0 spiro atoms. The van der Waals surface area contributed by atoms with Crippen molar-refractivity contribution in [1.29, 1.82) is 0 Å². The number of hydrogen-bond acceptors (Lipinski definition) is 10. The molecule has 0 amide bonds. The van der Waals surface area contributed by atoms with Crippen LogP contribution < -0.4 is 78.6 Å². The van der Waals surface area contributed by atoms with E-state index in [1.807, 2.05) is 48.8 Å². The first-order chi connectivity index (χ1) is 65.2. The molecule has 4 heterocycles. The third-order valence-electron chi connectivity index (χ3n) is 21.7. The molecule has 4 N–H and O–H groups in total. The maximum atomic E-state index is 11.2. The van der Waals surface area contributed by atoms with Crippen LogP contribution in [0.25, 0.3) is 32.9 Å². The van der Waals surface area contributed by atoms with Crippen molar-refractivity contribution in [3.63, 3.8) is 0 Å². The molecule has 0 atom stereocenters. The van der Waals surface area contributed by atoms with Gasteiger partial charge in [0.15, 0.2) is 0 Å². The average Bonchev–Trinajstić information content (AvgIpc) is 1.74. The number of benzene rings is 16. The summed E-state index contributed by atoms with van der Waals surface area (Å²) in [7, 11) is -3.17. The number of halogens is 1. The molecule has 133 heavy (non-hydrogen) atoms. The third kappa shape index (κ3) is 30.1. The van der Waals surface area contributed by atoms with Crippen molar-refractivity contribution >= 4 is 158 Å². The van der Waals surface area contributed by atoms with Crippen LogP contribution in [0.3, 0.4) is 0 Å². The number of aldehydes is 2. The summed E-state index contributed by atoms with van der Waals surface area (Å²) in [5.74, 6) is 1.58. The van der Waals surface area contributed by atoms with Crippen molar-refractivity contribution < 1.29 is 59.0 Å². The molecular formula is C114H106BBrN4O8P4Pd. The van der Waals surface area contributed by atoms with Gasteiger partial charge in [0.1, 0.15) is 37.3 Å². The van der Waals surface area contributed by atoms with Crippen molar-refractivity contribution in [1.82, 2.24) is 19.8 Å². The van der Waals surface area contributed by atoms with Gasteiger partial charge in [0.05, 0.1) is 30.9 Å². The van der Waals surface area contributed by atoms with Gasteiger partial charge >= 0.3 is 7.12 Å². The number of aromatic nitrogens is 2. The number of carbonyl (C=O) groups excluding carboxylic acids is 2. The fraction of sp³-hybridized carbons (Fsp3) is 0.105. The van der Waals surface area contributed by atoms with Crippen molar-refractivity contribution in [3.05, 3.63) is 477 Å². The van der Waals surface area contributed by atoms with Gasteiger partial charge in [-0.05, 0) is 200 Å². The van der Waals surface area contributed by atoms with Crippen LogP contribution >= 0.6 is 47.6 Å². The van der Waals surface area contributed by atoms with Crippen LogP contribution in [0.15, 0.2) is 466 Å². The second kappa shape index (κ2) is 54.4. The SMILES string of the molecule is O=Cc1ccc(OCCN2CCOCC2)c(-c2ccc3[nH]ccc3c2)c1.O=Cc1ccc(OCCN2CCOCC2)c(Br)c1.OB(O)c1ccc2[nH]ccc2c1.[Pd].c1ccc(P(c2ccccc2)c2ccccc2)cc1.c1ccc(P(c2ccccc2)c2ccccc2)cc1.c1ccc(P(c2ccccc2)c2ccccc2)cc1.c1ccc(P(c2ccccc2)c2ccccc2)cc1. The fourth-order valence-electron chi connectivity index (χ4n) is 15.1. The Bertz CT molecular complexity index is 5510. The van der Waals surface area contributed by atoms with E-state index in [2.05, 4.69) is 418 Å². The van der Waals surface area contributed by atoms with E-state index in [1.165, 1.54) is 63.7 Å². The maximum absolute atomic E-state index is 11.2. The number of nitrogens with one attached hydrogen (secondary N) is 2. The molecule has 2 aliphatic heterocycles. The number of morpholine rings is 2. The molecule has 0 bridgehead atoms. The fourth-order valence-corrected chi connectivity index (χ4v) is 24.8. The largest absolute Gasteiger partial charge is 0.492 e. The summed E-state index contributed by atoms with van der Waals surface area (Å²) in [6.07, 6.45) is 5.44. The number of carbonyl (C=O) groups is 2. The van der Waals surface area contributed by atoms with Gasteiger partial charge in [0.2, 0.25) is 0 Å². The minimum atomic E-state index is -1.38. The molecule has 0 saturated carbocycles. The zero-order chi connectivity index (χ0) is 90.8. The Morgan fingerprint density at radius 2 is 0.579 bits per heavy atom. The molecule has 19 heteroatoms. The van der Waals surface area contributed by atoms with Crippen molar-refractivity contribution in [2.24, 2.45) is 0 Å². The summed E-state index contributed by atoms with van der Waals surface area (Å²) >= 11 is 3.40. The summed E-state index contributed by atoms with van der Waals surface area (Å²) in [4.78, 5) is 32.7. The van der Waals surface area contributed by atoms with E-state index < -0.39 is 38.8 Å². The van der Waals surface area contributed by atoms with E-state index in [0.29, 0.717) is 29.8 Å². The molecule has 20 rings (SSSR count). The molecule has 670 valence electrons.